The van der Waals surface area contributed by atoms with Gasteiger partial charge in [0.1, 0.15) is 12.4 Å². The molecule has 198 valence electrons. The number of halogens is 3. The number of carboxylic acid groups (broad SMARTS) is 1. The molecular formula is C25H18ClF2N7O4. The van der Waals surface area contributed by atoms with E-state index in [1.54, 1.807) is 6.07 Å². The number of nitrogens with one attached hydrogen (secondary N) is 2. The van der Waals surface area contributed by atoms with Crippen LogP contribution in [0.25, 0.3) is 22.2 Å². The number of nitrogens with zero attached hydrogens (tertiary/aromatic N) is 5. The summed E-state index contributed by atoms with van der Waals surface area (Å²) in [5.41, 5.74) is 0.780. The molecule has 0 spiro atoms. The van der Waals surface area contributed by atoms with E-state index in [0.717, 1.165) is 0 Å². The second-order valence-electron chi connectivity index (χ2n) is 9.24. The highest BCUT2D eigenvalue weighted by molar-refractivity contribution is 6.31. The fourth-order valence-electron chi connectivity index (χ4n) is 5.30. The van der Waals surface area contributed by atoms with Gasteiger partial charge in [-0.15, -0.1) is 5.10 Å². The third-order valence-electron chi connectivity index (χ3n) is 7.02. The fraction of sp³-hybridized carbons (Fsp3) is 0.200. The SMILES string of the molecule is O=C(O)c1[nH]c2ccc(NC(=O)[C@@H]3CCC4CC(c5c(-n6cnnn6)ccc(Cl)c5F)=CC(=O)N43)cc2c1F. The molecular weight excluding hydrogens is 536 g/mol. The Morgan fingerprint density at radius 3 is 2.72 bits per heavy atom. The van der Waals surface area contributed by atoms with E-state index >= 15 is 4.39 Å². The number of rotatable bonds is 5. The Labute approximate surface area is 223 Å². The zero-order chi connectivity index (χ0) is 27.4. The second-order valence-corrected chi connectivity index (χ2v) is 9.65. The van der Waals surface area contributed by atoms with Gasteiger partial charge in [-0.1, -0.05) is 11.6 Å². The van der Waals surface area contributed by atoms with Crippen LogP contribution in [0.4, 0.5) is 14.5 Å². The first kappa shape index (κ1) is 24.7. The molecule has 2 aromatic heterocycles. The molecule has 4 heterocycles. The summed E-state index contributed by atoms with van der Waals surface area (Å²) in [6, 6.07) is 6.07. The van der Waals surface area contributed by atoms with E-state index in [-0.39, 0.29) is 39.6 Å². The third-order valence-corrected chi connectivity index (χ3v) is 7.31. The quantitative estimate of drug-likeness (QED) is 0.342. The van der Waals surface area contributed by atoms with Crippen LogP contribution in [0.1, 0.15) is 35.3 Å². The first-order valence-electron chi connectivity index (χ1n) is 11.8. The Morgan fingerprint density at radius 1 is 1.15 bits per heavy atom. The fourth-order valence-corrected chi connectivity index (χ4v) is 5.46. The van der Waals surface area contributed by atoms with Gasteiger partial charge in [-0.25, -0.2) is 13.6 Å². The number of fused-ring (bicyclic) bond motifs is 2. The number of carbonyl (C=O) groups excluding carboxylic acids is 2. The van der Waals surface area contributed by atoms with Gasteiger partial charge in [0.2, 0.25) is 11.8 Å². The summed E-state index contributed by atoms with van der Waals surface area (Å²) in [6.07, 6.45) is 3.74. The van der Waals surface area contributed by atoms with E-state index in [2.05, 4.69) is 25.8 Å². The van der Waals surface area contributed by atoms with Gasteiger partial charge in [-0.2, -0.15) is 4.68 Å². The summed E-state index contributed by atoms with van der Waals surface area (Å²) >= 11 is 6.05. The summed E-state index contributed by atoms with van der Waals surface area (Å²) in [5.74, 6) is -4.01. The number of aromatic amines is 1. The molecule has 1 fully saturated rings. The molecule has 0 aliphatic carbocycles. The van der Waals surface area contributed by atoms with E-state index in [1.807, 2.05) is 0 Å². The normalized spacial score (nSPS) is 18.8. The molecule has 0 saturated carbocycles. The van der Waals surface area contributed by atoms with Gasteiger partial charge in [0.15, 0.2) is 17.3 Å². The lowest BCUT2D eigenvalue weighted by molar-refractivity contribution is -0.135. The maximum Gasteiger partial charge on any atom is 0.355 e. The number of tetrazole rings is 1. The molecule has 2 aromatic carbocycles. The molecule has 3 N–H and O–H groups in total. The molecule has 39 heavy (non-hydrogen) atoms. The minimum absolute atomic E-state index is 0.0121. The molecule has 2 aliphatic rings. The summed E-state index contributed by atoms with van der Waals surface area (Å²) in [4.78, 5) is 41.6. The zero-order valence-corrected chi connectivity index (χ0v) is 20.6. The van der Waals surface area contributed by atoms with Gasteiger partial charge in [0.25, 0.3) is 0 Å². The Kier molecular flexibility index (Phi) is 5.87. The average molecular weight is 554 g/mol. The van der Waals surface area contributed by atoms with Crippen LogP contribution < -0.4 is 5.32 Å². The van der Waals surface area contributed by atoms with Crippen molar-refractivity contribution in [2.45, 2.75) is 31.3 Å². The molecule has 0 bridgehead atoms. The monoisotopic (exact) mass is 553 g/mol. The van der Waals surface area contributed by atoms with E-state index in [4.69, 9.17) is 16.7 Å². The number of anilines is 1. The second kappa shape index (κ2) is 9.27. The van der Waals surface area contributed by atoms with Gasteiger partial charge in [-0.05, 0) is 65.6 Å². The number of benzene rings is 2. The molecule has 2 aliphatic heterocycles. The summed E-state index contributed by atoms with van der Waals surface area (Å²) in [6.45, 7) is 0. The number of carboxylic acids is 1. The van der Waals surface area contributed by atoms with Crippen molar-refractivity contribution in [3.63, 3.8) is 0 Å². The lowest BCUT2D eigenvalue weighted by Crippen LogP contribution is -2.48. The molecule has 11 nitrogen and oxygen atoms in total. The van der Waals surface area contributed by atoms with Crippen molar-refractivity contribution in [3.8, 4) is 5.69 Å². The zero-order valence-electron chi connectivity index (χ0n) is 19.9. The van der Waals surface area contributed by atoms with Crippen LogP contribution in [0.3, 0.4) is 0 Å². The van der Waals surface area contributed by atoms with Crippen LogP contribution in [0.2, 0.25) is 5.02 Å². The Hall–Kier alpha value is -4.65. The first-order chi connectivity index (χ1) is 18.7. The highest BCUT2D eigenvalue weighted by Gasteiger charge is 2.43. The molecule has 6 rings (SSSR count). The predicted molar refractivity (Wildman–Crippen MR) is 134 cm³/mol. The minimum atomic E-state index is -1.44. The number of hydrogen-bond donors (Lipinski definition) is 3. The summed E-state index contributed by atoms with van der Waals surface area (Å²) in [5, 5.41) is 22.7. The van der Waals surface area contributed by atoms with Crippen molar-refractivity contribution < 1.29 is 28.3 Å². The van der Waals surface area contributed by atoms with Gasteiger partial charge >= 0.3 is 5.97 Å². The molecule has 0 radical (unpaired) electrons. The molecule has 2 atom stereocenters. The van der Waals surface area contributed by atoms with Crippen molar-refractivity contribution in [2.24, 2.45) is 0 Å². The Bertz CT molecular complexity index is 1700. The van der Waals surface area contributed by atoms with Crippen molar-refractivity contribution >= 4 is 51.5 Å². The third kappa shape index (κ3) is 4.11. The smallest absolute Gasteiger partial charge is 0.355 e. The number of aromatic carboxylic acids is 1. The molecule has 2 amide bonds. The Morgan fingerprint density at radius 2 is 1.97 bits per heavy atom. The van der Waals surface area contributed by atoms with Crippen molar-refractivity contribution in [1.82, 2.24) is 30.1 Å². The number of amides is 2. The summed E-state index contributed by atoms with van der Waals surface area (Å²) < 4.78 is 31.0. The number of H-pyrrole nitrogens is 1. The predicted octanol–water partition coefficient (Wildman–Crippen LogP) is 3.56. The first-order valence-corrected chi connectivity index (χ1v) is 12.2. The van der Waals surface area contributed by atoms with Gasteiger partial charge < -0.3 is 20.3 Å². The Balaban J connectivity index is 1.27. The van der Waals surface area contributed by atoms with Crippen LogP contribution >= 0.6 is 11.6 Å². The van der Waals surface area contributed by atoms with Crippen LogP contribution in [0.15, 0.2) is 42.7 Å². The molecule has 4 aromatic rings. The van der Waals surface area contributed by atoms with E-state index in [0.29, 0.717) is 24.1 Å². The lowest BCUT2D eigenvalue weighted by atomic mass is 9.92. The highest BCUT2D eigenvalue weighted by Crippen LogP contribution is 2.40. The lowest BCUT2D eigenvalue weighted by Gasteiger charge is -2.33. The number of hydrogen-bond acceptors (Lipinski definition) is 6. The van der Waals surface area contributed by atoms with E-state index < -0.39 is 41.2 Å². The van der Waals surface area contributed by atoms with Gasteiger partial charge in [0.05, 0.1) is 10.7 Å². The van der Waals surface area contributed by atoms with Crippen molar-refractivity contribution in [3.05, 3.63) is 70.6 Å². The van der Waals surface area contributed by atoms with E-state index in [9.17, 15) is 18.8 Å². The minimum Gasteiger partial charge on any atom is -0.476 e. The van der Waals surface area contributed by atoms with Crippen molar-refractivity contribution in [2.75, 3.05) is 5.32 Å². The highest BCUT2D eigenvalue weighted by atomic mass is 35.5. The molecule has 1 unspecified atom stereocenters. The van der Waals surface area contributed by atoms with Crippen LogP contribution in [0, 0.1) is 11.6 Å². The topological polar surface area (TPSA) is 146 Å². The van der Waals surface area contributed by atoms with Crippen molar-refractivity contribution in [1.29, 1.82) is 0 Å². The van der Waals surface area contributed by atoms with Crippen LogP contribution in [0.5, 0.6) is 0 Å². The van der Waals surface area contributed by atoms with Gasteiger partial charge in [0, 0.05) is 34.3 Å². The number of aromatic nitrogens is 5. The largest absolute Gasteiger partial charge is 0.476 e. The maximum atomic E-state index is 15.2. The molecule has 14 heteroatoms. The van der Waals surface area contributed by atoms with Crippen LogP contribution in [-0.4, -0.2) is 65.1 Å². The standard InChI is InChI=1S/C25H18ClF2N7O4/c26-15-3-6-17(34-10-29-32-33-34)20(22(15)28)11-7-13-2-5-18(35(13)19(36)8-11)24(37)30-12-1-4-16-14(9-12)21(27)23(31-16)25(38)39/h1,3-4,6,8-10,13,18,31H,2,5,7H2,(H,30,37)(H,38,39)/t13?,18-/m0/s1. The average Bonchev–Trinajstić information content (AvgIpc) is 3.65. The maximum absolute atomic E-state index is 15.2. The van der Waals surface area contributed by atoms with Gasteiger partial charge in [-0.3, -0.25) is 9.59 Å². The van der Waals surface area contributed by atoms with Crippen LogP contribution in [-0.2, 0) is 9.59 Å². The molecule has 1 saturated heterocycles. The van der Waals surface area contributed by atoms with E-state index in [1.165, 1.54) is 46.3 Å². The summed E-state index contributed by atoms with van der Waals surface area (Å²) in [7, 11) is 0. The number of carbonyl (C=O) groups is 3.